The molecule has 112 valence electrons. The molecule has 0 saturated carbocycles. The van der Waals surface area contributed by atoms with Gasteiger partial charge in [0, 0.05) is 38.5 Å². The van der Waals surface area contributed by atoms with Crippen molar-refractivity contribution in [3.63, 3.8) is 0 Å². The SMILES string of the molecule is COCCc1cnc2n1CCN(C(=O)c1ccoc1)[C@@H]2C. The molecule has 0 N–H and O–H groups in total. The molecule has 6 heteroatoms. The van der Waals surface area contributed by atoms with Crippen molar-refractivity contribution in [3.05, 3.63) is 41.9 Å². The van der Waals surface area contributed by atoms with E-state index in [1.54, 1.807) is 13.2 Å². The van der Waals surface area contributed by atoms with Crippen molar-refractivity contribution in [2.45, 2.75) is 25.9 Å². The van der Waals surface area contributed by atoms with Crippen molar-refractivity contribution in [2.75, 3.05) is 20.3 Å². The maximum atomic E-state index is 12.5. The Hall–Kier alpha value is -2.08. The van der Waals surface area contributed by atoms with Crippen LogP contribution in [0.4, 0.5) is 0 Å². The fraction of sp³-hybridized carbons (Fsp3) is 0.467. The van der Waals surface area contributed by atoms with Gasteiger partial charge in [-0.05, 0) is 13.0 Å². The predicted molar refractivity (Wildman–Crippen MR) is 76.0 cm³/mol. The van der Waals surface area contributed by atoms with Gasteiger partial charge in [-0.3, -0.25) is 4.79 Å². The molecule has 0 fully saturated rings. The highest BCUT2D eigenvalue weighted by atomic mass is 16.5. The fourth-order valence-corrected chi connectivity index (χ4v) is 2.80. The number of hydrogen-bond donors (Lipinski definition) is 0. The smallest absolute Gasteiger partial charge is 0.257 e. The van der Waals surface area contributed by atoms with Crippen LogP contribution in [0.15, 0.2) is 29.2 Å². The van der Waals surface area contributed by atoms with Gasteiger partial charge in [-0.1, -0.05) is 0 Å². The first-order valence-corrected chi connectivity index (χ1v) is 7.08. The zero-order valence-corrected chi connectivity index (χ0v) is 12.3. The molecule has 0 aromatic carbocycles. The Morgan fingerprint density at radius 1 is 1.52 bits per heavy atom. The second-order valence-corrected chi connectivity index (χ2v) is 5.19. The van der Waals surface area contributed by atoms with Crippen LogP contribution < -0.4 is 0 Å². The Kier molecular flexibility index (Phi) is 3.79. The van der Waals surface area contributed by atoms with Crippen LogP contribution in [-0.2, 0) is 17.7 Å². The van der Waals surface area contributed by atoms with E-state index in [4.69, 9.17) is 9.15 Å². The van der Waals surface area contributed by atoms with Gasteiger partial charge in [-0.15, -0.1) is 0 Å². The maximum Gasteiger partial charge on any atom is 0.257 e. The average Bonchev–Trinajstić information content (AvgIpc) is 3.15. The van der Waals surface area contributed by atoms with Gasteiger partial charge in [-0.25, -0.2) is 4.98 Å². The number of aromatic nitrogens is 2. The molecule has 1 aliphatic heterocycles. The Labute approximate surface area is 123 Å². The number of rotatable bonds is 4. The van der Waals surface area contributed by atoms with Crippen molar-refractivity contribution >= 4 is 5.91 Å². The summed E-state index contributed by atoms with van der Waals surface area (Å²) in [6, 6.07) is 1.65. The summed E-state index contributed by atoms with van der Waals surface area (Å²) in [5, 5.41) is 0. The number of furan rings is 1. The van der Waals surface area contributed by atoms with Crippen molar-refractivity contribution in [1.82, 2.24) is 14.5 Å². The van der Waals surface area contributed by atoms with Crippen molar-refractivity contribution in [2.24, 2.45) is 0 Å². The van der Waals surface area contributed by atoms with Gasteiger partial charge in [0.1, 0.15) is 12.1 Å². The monoisotopic (exact) mass is 289 g/mol. The van der Waals surface area contributed by atoms with Gasteiger partial charge in [0.2, 0.25) is 0 Å². The summed E-state index contributed by atoms with van der Waals surface area (Å²) in [5.74, 6) is 0.924. The summed E-state index contributed by atoms with van der Waals surface area (Å²) in [6.45, 7) is 4.13. The van der Waals surface area contributed by atoms with Gasteiger partial charge in [-0.2, -0.15) is 0 Å². The summed E-state index contributed by atoms with van der Waals surface area (Å²) < 4.78 is 12.3. The van der Waals surface area contributed by atoms with E-state index in [0.717, 1.165) is 24.5 Å². The standard InChI is InChI=1S/C15H19N3O3/c1-11-14-16-9-13(4-7-20-2)18(14)6-5-17(11)15(19)12-3-8-21-10-12/h3,8-11H,4-7H2,1-2H3/t11-/m1/s1. The van der Waals surface area contributed by atoms with E-state index >= 15 is 0 Å². The molecule has 0 unspecified atom stereocenters. The van der Waals surface area contributed by atoms with Crippen LogP contribution in [0.25, 0.3) is 0 Å². The van der Waals surface area contributed by atoms with E-state index in [-0.39, 0.29) is 11.9 Å². The van der Waals surface area contributed by atoms with Gasteiger partial charge in [0.05, 0.1) is 24.5 Å². The van der Waals surface area contributed by atoms with E-state index in [1.807, 2.05) is 18.0 Å². The summed E-state index contributed by atoms with van der Waals surface area (Å²) in [7, 11) is 1.70. The molecule has 0 radical (unpaired) electrons. The molecule has 0 bridgehead atoms. The first-order chi connectivity index (χ1) is 10.2. The first-order valence-electron chi connectivity index (χ1n) is 7.08. The summed E-state index contributed by atoms with van der Waals surface area (Å²) in [6.07, 6.45) is 5.73. The van der Waals surface area contributed by atoms with E-state index in [0.29, 0.717) is 18.7 Å². The molecular formula is C15H19N3O3. The highest BCUT2D eigenvalue weighted by Gasteiger charge is 2.31. The lowest BCUT2D eigenvalue weighted by Gasteiger charge is -2.34. The number of amides is 1. The molecule has 0 saturated heterocycles. The van der Waals surface area contributed by atoms with Crippen molar-refractivity contribution < 1.29 is 13.9 Å². The number of nitrogens with zero attached hydrogens (tertiary/aromatic N) is 3. The number of imidazole rings is 1. The van der Waals surface area contributed by atoms with Crippen LogP contribution in [0.3, 0.4) is 0 Å². The number of ether oxygens (including phenoxy) is 1. The topological polar surface area (TPSA) is 60.5 Å². The second-order valence-electron chi connectivity index (χ2n) is 5.19. The van der Waals surface area contributed by atoms with Gasteiger partial charge in [0.15, 0.2) is 0 Å². The van der Waals surface area contributed by atoms with Crippen molar-refractivity contribution in [3.8, 4) is 0 Å². The minimum Gasteiger partial charge on any atom is -0.472 e. The number of carbonyl (C=O) groups is 1. The van der Waals surface area contributed by atoms with Crippen LogP contribution in [0, 0.1) is 0 Å². The maximum absolute atomic E-state index is 12.5. The van der Waals surface area contributed by atoms with Crippen LogP contribution in [0.5, 0.6) is 0 Å². The third-order valence-electron chi connectivity index (χ3n) is 3.97. The lowest BCUT2D eigenvalue weighted by Crippen LogP contribution is -2.41. The summed E-state index contributed by atoms with van der Waals surface area (Å²) in [4.78, 5) is 18.8. The number of hydrogen-bond acceptors (Lipinski definition) is 4. The molecule has 2 aromatic heterocycles. The van der Waals surface area contributed by atoms with E-state index < -0.39 is 0 Å². The largest absolute Gasteiger partial charge is 0.472 e. The minimum atomic E-state index is -0.0440. The lowest BCUT2D eigenvalue weighted by atomic mass is 10.1. The zero-order chi connectivity index (χ0) is 14.8. The molecule has 0 spiro atoms. The Morgan fingerprint density at radius 3 is 3.10 bits per heavy atom. The minimum absolute atomic E-state index is 0.0102. The van der Waals surface area contributed by atoms with Crippen molar-refractivity contribution in [1.29, 1.82) is 0 Å². The number of fused-ring (bicyclic) bond motifs is 1. The molecule has 2 aromatic rings. The summed E-state index contributed by atoms with van der Waals surface area (Å²) in [5.41, 5.74) is 1.75. The highest BCUT2D eigenvalue weighted by Crippen LogP contribution is 2.27. The third-order valence-corrected chi connectivity index (χ3v) is 3.97. The van der Waals surface area contributed by atoms with Crippen LogP contribution in [0.2, 0.25) is 0 Å². The molecule has 1 atom stereocenters. The molecule has 6 nitrogen and oxygen atoms in total. The van der Waals surface area contributed by atoms with Crippen LogP contribution >= 0.6 is 0 Å². The van der Waals surface area contributed by atoms with E-state index in [1.165, 1.54) is 12.5 Å². The Bertz CT molecular complexity index is 618. The van der Waals surface area contributed by atoms with Gasteiger partial charge >= 0.3 is 0 Å². The quantitative estimate of drug-likeness (QED) is 0.862. The normalized spacial score (nSPS) is 17.8. The lowest BCUT2D eigenvalue weighted by molar-refractivity contribution is 0.0635. The second kappa shape index (κ2) is 5.73. The van der Waals surface area contributed by atoms with E-state index in [9.17, 15) is 4.79 Å². The predicted octanol–water partition coefficient (Wildman–Crippen LogP) is 1.88. The van der Waals surface area contributed by atoms with Gasteiger partial charge in [0.25, 0.3) is 5.91 Å². The molecule has 1 amide bonds. The molecular weight excluding hydrogens is 270 g/mol. The Balaban J connectivity index is 1.81. The first kappa shape index (κ1) is 13.9. The molecule has 1 aliphatic rings. The zero-order valence-electron chi connectivity index (χ0n) is 12.3. The summed E-state index contributed by atoms with van der Waals surface area (Å²) >= 11 is 0. The van der Waals surface area contributed by atoms with Gasteiger partial charge < -0.3 is 18.6 Å². The Morgan fingerprint density at radius 2 is 2.38 bits per heavy atom. The van der Waals surface area contributed by atoms with E-state index in [2.05, 4.69) is 9.55 Å². The molecule has 21 heavy (non-hydrogen) atoms. The number of carbonyl (C=O) groups excluding carboxylic acids is 1. The van der Waals surface area contributed by atoms with Crippen LogP contribution in [-0.4, -0.2) is 40.6 Å². The number of methoxy groups -OCH3 is 1. The molecule has 3 rings (SSSR count). The highest BCUT2D eigenvalue weighted by molar-refractivity contribution is 5.94. The average molecular weight is 289 g/mol. The molecule has 0 aliphatic carbocycles. The van der Waals surface area contributed by atoms with Crippen LogP contribution in [0.1, 0.15) is 34.8 Å². The third kappa shape index (κ3) is 2.47. The fourth-order valence-electron chi connectivity index (χ4n) is 2.80. The molecule has 3 heterocycles.